The summed E-state index contributed by atoms with van der Waals surface area (Å²) in [6, 6.07) is 15.8. The van der Waals surface area contributed by atoms with E-state index in [1.165, 1.54) is 12.5 Å². The molecular weight excluding hydrogens is 364 g/mol. The molecule has 0 aliphatic carbocycles. The van der Waals surface area contributed by atoms with Gasteiger partial charge in [-0.3, -0.25) is 15.1 Å². The predicted molar refractivity (Wildman–Crippen MR) is 114 cm³/mol. The number of aliphatic hydroxyl groups excluding tert-OH is 1. The fourth-order valence-electron chi connectivity index (χ4n) is 3.32. The molecule has 0 aliphatic heterocycles. The summed E-state index contributed by atoms with van der Waals surface area (Å²) in [5, 5.41) is 15.7. The molecular formula is C24H28N2O3. The maximum absolute atomic E-state index is 11.7. The zero-order chi connectivity index (χ0) is 21.0. The molecule has 0 saturated heterocycles. The molecule has 3 rings (SSSR count). The van der Waals surface area contributed by atoms with Crippen LogP contribution in [0.1, 0.15) is 50.5 Å². The Morgan fingerprint density at radius 3 is 2.52 bits per heavy atom. The molecule has 2 N–H and O–H groups in total. The summed E-state index contributed by atoms with van der Waals surface area (Å²) in [6.07, 6.45) is 1.56. The number of esters is 1. The number of hydrogen-bond acceptors (Lipinski definition) is 5. The second-order valence-corrected chi connectivity index (χ2v) is 8.25. The molecule has 3 aromatic rings. The fourth-order valence-corrected chi connectivity index (χ4v) is 3.32. The van der Waals surface area contributed by atoms with Crippen LogP contribution in [0, 0.1) is 0 Å². The van der Waals surface area contributed by atoms with Gasteiger partial charge in [-0.2, -0.15) is 0 Å². The molecule has 2 aromatic carbocycles. The van der Waals surface area contributed by atoms with E-state index < -0.39 is 18.3 Å². The summed E-state index contributed by atoms with van der Waals surface area (Å²) in [5.74, 6) is -0.448. The van der Waals surface area contributed by atoms with Gasteiger partial charge in [0.2, 0.25) is 0 Å². The smallest absolute Gasteiger partial charge is 0.303 e. The van der Waals surface area contributed by atoms with E-state index in [2.05, 4.69) is 43.2 Å². The number of aromatic nitrogens is 1. The summed E-state index contributed by atoms with van der Waals surface area (Å²) >= 11 is 0. The maximum Gasteiger partial charge on any atom is 0.303 e. The lowest BCUT2D eigenvalue weighted by molar-refractivity contribution is -0.154. The van der Waals surface area contributed by atoms with Gasteiger partial charge in [-0.05, 0) is 28.0 Å². The van der Waals surface area contributed by atoms with E-state index in [-0.39, 0.29) is 5.41 Å². The molecule has 5 nitrogen and oxygen atoms in total. The first kappa shape index (κ1) is 21.0. The second-order valence-electron chi connectivity index (χ2n) is 8.25. The van der Waals surface area contributed by atoms with Crippen LogP contribution in [0.4, 0.5) is 0 Å². The molecule has 2 atom stereocenters. The van der Waals surface area contributed by atoms with Gasteiger partial charge in [-0.1, -0.05) is 63.2 Å². The van der Waals surface area contributed by atoms with Crippen molar-refractivity contribution in [1.82, 2.24) is 10.3 Å². The van der Waals surface area contributed by atoms with Crippen molar-refractivity contribution in [3.05, 3.63) is 77.6 Å². The molecule has 0 aliphatic rings. The Morgan fingerprint density at radius 1 is 1.14 bits per heavy atom. The molecule has 1 heterocycles. The molecule has 0 saturated carbocycles. The minimum atomic E-state index is -1.06. The van der Waals surface area contributed by atoms with Crippen LogP contribution in [-0.2, 0) is 21.5 Å². The third-order valence-electron chi connectivity index (χ3n) is 4.94. The van der Waals surface area contributed by atoms with Crippen molar-refractivity contribution in [1.29, 1.82) is 0 Å². The Labute approximate surface area is 171 Å². The van der Waals surface area contributed by atoms with Crippen molar-refractivity contribution >= 4 is 16.7 Å². The molecule has 0 fully saturated rings. The molecule has 152 valence electrons. The quantitative estimate of drug-likeness (QED) is 0.485. The summed E-state index contributed by atoms with van der Waals surface area (Å²) in [4.78, 5) is 15.8. The van der Waals surface area contributed by atoms with Crippen molar-refractivity contribution in [2.24, 2.45) is 0 Å². The van der Waals surface area contributed by atoms with Gasteiger partial charge in [0.25, 0.3) is 0 Å². The molecule has 5 heteroatoms. The highest BCUT2D eigenvalue weighted by atomic mass is 16.6. The third-order valence-corrected chi connectivity index (χ3v) is 4.94. The number of carbonyl (C=O) groups excluding carboxylic acids is 1. The Morgan fingerprint density at radius 2 is 1.86 bits per heavy atom. The van der Waals surface area contributed by atoms with Crippen molar-refractivity contribution in [2.45, 2.75) is 52.0 Å². The normalized spacial score (nSPS) is 13.8. The van der Waals surface area contributed by atoms with Crippen molar-refractivity contribution in [2.75, 3.05) is 0 Å². The Balaban J connectivity index is 1.79. The topological polar surface area (TPSA) is 71.5 Å². The van der Waals surface area contributed by atoms with E-state index >= 15 is 0 Å². The number of rotatable bonds is 6. The molecule has 1 aromatic heterocycles. The highest BCUT2D eigenvalue weighted by molar-refractivity contribution is 5.85. The van der Waals surface area contributed by atoms with E-state index in [4.69, 9.17) is 4.74 Å². The summed E-state index contributed by atoms with van der Waals surface area (Å²) in [7, 11) is 0. The minimum absolute atomic E-state index is 0.0924. The van der Waals surface area contributed by atoms with Crippen LogP contribution >= 0.6 is 0 Å². The molecule has 0 spiro atoms. The van der Waals surface area contributed by atoms with Gasteiger partial charge in [-0.25, -0.2) is 0 Å². The number of aliphatic hydroxyl groups is 1. The first-order valence-corrected chi connectivity index (χ1v) is 9.76. The van der Waals surface area contributed by atoms with Crippen LogP contribution in [0.15, 0.2) is 60.9 Å². The lowest BCUT2D eigenvalue weighted by Gasteiger charge is -2.25. The van der Waals surface area contributed by atoms with Gasteiger partial charge in [0.05, 0.1) is 0 Å². The van der Waals surface area contributed by atoms with E-state index in [1.54, 1.807) is 12.4 Å². The van der Waals surface area contributed by atoms with Crippen LogP contribution < -0.4 is 5.32 Å². The zero-order valence-corrected chi connectivity index (χ0v) is 17.3. The minimum Gasteiger partial charge on any atom is -0.453 e. The number of ether oxygens (including phenoxy) is 1. The molecule has 2 unspecified atom stereocenters. The molecule has 0 radical (unpaired) electrons. The predicted octanol–water partition coefficient (Wildman–Crippen LogP) is 4.24. The number of benzene rings is 2. The second kappa shape index (κ2) is 8.72. The van der Waals surface area contributed by atoms with Gasteiger partial charge < -0.3 is 9.84 Å². The van der Waals surface area contributed by atoms with Crippen molar-refractivity contribution in [3.8, 4) is 0 Å². The number of carbonyl (C=O) groups is 1. The van der Waals surface area contributed by atoms with E-state index in [1.807, 2.05) is 36.4 Å². The maximum atomic E-state index is 11.7. The summed E-state index contributed by atoms with van der Waals surface area (Å²) < 4.78 is 5.49. The number of nitrogens with one attached hydrogen (secondary N) is 1. The van der Waals surface area contributed by atoms with E-state index in [9.17, 15) is 9.90 Å². The lowest BCUT2D eigenvalue weighted by atomic mass is 9.87. The average molecular weight is 392 g/mol. The van der Waals surface area contributed by atoms with E-state index in [0.717, 1.165) is 21.9 Å². The number of nitrogens with zero attached hydrogens (tertiary/aromatic N) is 1. The average Bonchev–Trinajstić information content (AvgIpc) is 2.69. The first-order chi connectivity index (χ1) is 13.8. The first-order valence-electron chi connectivity index (χ1n) is 9.76. The third kappa shape index (κ3) is 5.19. The highest BCUT2D eigenvalue weighted by Gasteiger charge is 2.25. The van der Waals surface area contributed by atoms with Crippen LogP contribution in [0.25, 0.3) is 10.8 Å². The van der Waals surface area contributed by atoms with Crippen LogP contribution in [0.3, 0.4) is 0 Å². The molecule has 0 amide bonds. The molecule has 29 heavy (non-hydrogen) atoms. The summed E-state index contributed by atoms with van der Waals surface area (Å²) in [5.41, 5.74) is 3.13. The van der Waals surface area contributed by atoms with Crippen molar-refractivity contribution in [3.63, 3.8) is 0 Å². The Kier molecular flexibility index (Phi) is 6.30. The Bertz CT molecular complexity index is 972. The lowest BCUT2D eigenvalue weighted by Crippen LogP contribution is -2.36. The van der Waals surface area contributed by atoms with Gasteiger partial charge in [0.1, 0.15) is 6.23 Å². The van der Waals surface area contributed by atoms with Crippen LogP contribution in [-0.4, -0.2) is 22.3 Å². The fraction of sp³-hybridized carbons (Fsp3) is 0.333. The SMILES string of the molecule is CC(=O)OC(c1cccc2cnccc12)C(O)NCc1ccc(C(C)(C)C)cc1. The van der Waals surface area contributed by atoms with Crippen LogP contribution in [0.5, 0.6) is 0 Å². The van der Waals surface area contributed by atoms with Gasteiger partial charge >= 0.3 is 5.97 Å². The highest BCUT2D eigenvalue weighted by Crippen LogP contribution is 2.28. The number of fused-ring (bicyclic) bond motifs is 1. The zero-order valence-electron chi connectivity index (χ0n) is 17.3. The number of hydrogen-bond donors (Lipinski definition) is 2. The molecule has 0 bridgehead atoms. The van der Waals surface area contributed by atoms with Crippen LogP contribution in [0.2, 0.25) is 0 Å². The number of pyridine rings is 1. The van der Waals surface area contributed by atoms with Crippen molar-refractivity contribution < 1.29 is 14.6 Å². The standard InChI is InChI=1S/C24H28N2O3/c1-16(27)29-22(21-7-5-6-18-15-25-13-12-20(18)21)23(28)26-14-17-8-10-19(11-9-17)24(2,3)4/h5-13,15,22-23,26,28H,14H2,1-4H3. The largest absolute Gasteiger partial charge is 0.453 e. The Hall–Kier alpha value is -2.76. The van der Waals surface area contributed by atoms with Gasteiger partial charge in [-0.15, -0.1) is 0 Å². The van der Waals surface area contributed by atoms with E-state index in [0.29, 0.717) is 6.54 Å². The van der Waals surface area contributed by atoms with Gasteiger partial charge in [0, 0.05) is 36.8 Å². The monoisotopic (exact) mass is 392 g/mol. The van der Waals surface area contributed by atoms with Gasteiger partial charge in [0.15, 0.2) is 6.10 Å². The summed E-state index contributed by atoms with van der Waals surface area (Å²) in [6.45, 7) is 8.32.